The summed E-state index contributed by atoms with van der Waals surface area (Å²) in [5, 5.41) is 22.1. The Hall–Kier alpha value is -1.20. The summed E-state index contributed by atoms with van der Waals surface area (Å²) in [5.74, 6) is -0.375. The van der Waals surface area contributed by atoms with Gasteiger partial charge in [-0.05, 0) is 32.2 Å². The zero-order chi connectivity index (χ0) is 13.8. The lowest BCUT2D eigenvalue weighted by Gasteiger charge is -2.23. The molecule has 0 aliphatic carbocycles. The Morgan fingerprint density at radius 1 is 1.50 bits per heavy atom. The minimum atomic E-state index is -0.967. The Kier molecular flexibility index (Phi) is 5.04. The van der Waals surface area contributed by atoms with Crippen LogP contribution >= 0.6 is 11.8 Å². The van der Waals surface area contributed by atoms with Gasteiger partial charge >= 0.3 is 5.97 Å². The molecule has 0 heterocycles. The molecular formula is C13H19NO3S. The molecule has 18 heavy (non-hydrogen) atoms. The number of rotatable bonds is 6. The number of carboxylic acids is 1. The van der Waals surface area contributed by atoms with E-state index in [9.17, 15) is 9.90 Å². The molecule has 4 nitrogen and oxygen atoms in total. The molecular weight excluding hydrogens is 250 g/mol. The molecule has 0 radical (unpaired) electrons. The second-order valence-electron chi connectivity index (χ2n) is 4.64. The number of hydrogen-bond donors (Lipinski definition) is 3. The van der Waals surface area contributed by atoms with E-state index in [1.54, 1.807) is 30.8 Å². The average Bonchev–Trinajstić information content (AvgIpc) is 2.27. The minimum Gasteiger partial charge on any atom is -0.478 e. The van der Waals surface area contributed by atoms with Crippen molar-refractivity contribution in [2.24, 2.45) is 0 Å². The van der Waals surface area contributed by atoms with Crippen LogP contribution in [-0.2, 0) is 0 Å². The van der Waals surface area contributed by atoms with Gasteiger partial charge in [-0.2, -0.15) is 11.8 Å². The number of hydrogen-bond acceptors (Lipinski definition) is 4. The highest BCUT2D eigenvalue weighted by atomic mass is 32.2. The molecule has 1 rings (SSSR count). The molecule has 1 aromatic rings. The summed E-state index contributed by atoms with van der Waals surface area (Å²) in [6.07, 6.45) is 1.92. The number of aromatic carboxylic acids is 1. The van der Waals surface area contributed by atoms with Crippen molar-refractivity contribution in [2.45, 2.75) is 19.4 Å². The standard InChI is InChI=1S/C13H19NO3S/c1-9-4-5-11(10(6-9)12(15)16)14-7-13(2,17)8-18-3/h4-6,14,17H,7-8H2,1-3H3,(H,15,16). The lowest BCUT2D eigenvalue weighted by atomic mass is 10.1. The highest BCUT2D eigenvalue weighted by Gasteiger charge is 2.20. The monoisotopic (exact) mass is 269 g/mol. The Labute approximate surface area is 111 Å². The van der Waals surface area contributed by atoms with Crippen LogP contribution in [0.3, 0.4) is 0 Å². The fourth-order valence-electron chi connectivity index (χ4n) is 1.64. The summed E-state index contributed by atoms with van der Waals surface area (Å²) in [5.41, 5.74) is 0.804. The molecule has 0 bridgehead atoms. The summed E-state index contributed by atoms with van der Waals surface area (Å²) < 4.78 is 0. The third kappa shape index (κ3) is 4.23. The van der Waals surface area contributed by atoms with Gasteiger partial charge in [0.15, 0.2) is 0 Å². The molecule has 0 aliphatic rings. The van der Waals surface area contributed by atoms with Crippen molar-refractivity contribution in [3.63, 3.8) is 0 Å². The van der Waals surface area contributed by atoms with Crippen LogP contribution in [0.4, 0.5) is 5.69 Å². The molecule has 0 saturated carbocycles. The first-order chi connectivity index (χ1) is 8.35. The highest BCUT2D eigenvalue weighted by molar-refractivity contribution is 7.98. The van der Waals surface area contributed by atoms with Crippen molar-refractivity contribution in [3.8, 4) is 0 Å². The maximum Gasteiger partial charge on any atom is 0.337 e. The van der Waals surface area contributed by atoms with Gasteiger partial charge in [-0.15, -0.1) is 0 Å². The molecule has 0 saturated heterocycles. The van der Waals surface area contributed by atoms with E-state index in [1.165, 1.54) is 0 Å². The van der Waals surface area contributed by atoms with E-state index in [4.69, 9.17) is 5.11 Å². The van der Waals surface area contributed by atoms with Gasteiger partial charge in [0, 0.05) is 18.0 Å². The molecule has 5 heteroatoms. The maximum absolute atomic E-state index is 11.1. The van der Waals surface area contributed by atoms with E-state index >= 15 is 0 Å². The van der Waals surface area contributed by atoms with Crippen LogP contribution in [0.5, 0.6) is 0 Å². The number of carboxylic acid groups (broad SMARTS) is 1. The third-order valence-corrected chi connectivity index (χ3v) is 3.43. The average molecular weight is 269 g/mol. The molecule has 0 fully saturated rings. The summed E-state index contributed by atoms with van der Waals surface area (Å²) in [6.45, 7) is 3.89. The molecule has 0 aliphatic heterocycles. The minimum absolute atomic E-state index is 0.231. The van der Waals surface area contributed by atoms with Gasteiger partial charge in [-0.1, -0.05) is 11.6 Å². The number of aryl methyl sites for hydroxylation is 1. The van der Waals surface area contributed by atoms with Gasteiger partial charge < -0.3 is 15.5 Å². The lowest BCUT2D eigenvalue weighted by molar-refractivity contribution is 0.0696. The van der Waals surface area contributed by atoms with Gasteiger partial charge in [-0.25, -0.2) is 4.79 Å². The van der Waals surface area contributed by atoms with Crippen molar-refractivity contribution in [2.75, 3.05) is 23.9 Å². The van der Waals surface area contributed by atoms with Crippen molar-refractivity contribution < 1.29 is 15.0 Å². The van der Waals surface area contributed by atoms with E-state index in [0.717, 1.165) is 5.56 Å². The van der Waals surface area contributed by atoms with Crippen LogP contribution in [0, 0.1) is 6.92 Å². The van der Waals surface area contributed by atoms with E-state index in [0.29, 0.717) is 18.0 Å². The largest absolute Gasteiger partial charge is 0.478 e. The number of nitrogens with one attached hydrogen (secondary N) is 1. The summed E-state index contributed by atoms with van der Waals surface area (Å²) in [7, 11) is 0. The quantitative estimate of drug-likeness (QED) is 0.738. The van der Waals surface area contributed by atoms with E-state index in [1.807, 2.05) is 19.2 Å². The number of benzene rings is 1. The van der Waals surface area contributed by atoms with Crippen LogP contribution in [0.15, 0.2) is 18.2 Å². The fourth-order valence-corrected chi connectivity index (χ4v) is 2.36. The van der Waals surface area contributed by atoms with Crippen LogP contribution in [0.1, 0.15) is 22.8 Å². The molecule has 3 N–H and O–H groups in total. The first-order valence-electron chi connectivity index (χ1n) is 5.65. The summed E-state index contributed by atoms with van der Waals surface area (Å²) >= 11 is 1.55. The SMILES string of the molecule is CSCC(C)(O)CNc1ccc(C)cc1C(=O)O. The van der Waals surface area contributed by atoms with Gasteiger partial charge in [0.2, 0.25) is 0 Å². The zero-order valence-corrected chi connectivity index (χ0v) is 11.7. The maximum atomic E-state index is 11.1. The third-order valence-electron chi connectivity index (χ3n) is 2.52. The molecule has 1 atom stereocenters. The van der Waals surface area contributed by atoms with E-state index in [-0.39, 0.29) is 5.56 Å². The van der Waals surface area contributed by atoms with E-state index in [2.05, 4.69) is 5.32 Å². The first-order valence-corrected chi connectivity index (χ1v) is 7.04. The van der Waals surface area contributed by atoms with Crippen LogP contribution in [-0.4, -0.2) is 40.3 Å². The highest BCUT2D eigenvalue weighted by Crippen LogP contribution is 2.19. The van der Waals surface area contributed by atoms with E-state index < -0.39 is 11.6 Å². The molecule has 100 valence electrons. The predicted molar refractivity (Wildman–Crippen MR) is 75.6 cm³/mol. The molecule has 0 aromatic heterocycles. The van der Waals surface area contributed by atoms with Crippen molar-refractivity contribution in [1.82, 2.24) is 0 Å². The van der Waals surface area contributed by atoms with Gasteiger partial charge in [-0.3, -0.25) is 0 Å². The lowest BCUT2D eigenvalue weighted by Crippen LogP contribution is -2.36. The second kappa shape index (κ2) is 6.11. The zero-order valence-electron chi connectivity index (χ0n) is 10.9. The molecule has 1 aromatic carbocycles. The Morgan fingerprint density at radius 3 is 2.72 bits per heavy atom. The predicted octanol–water partition coefficient (Wildman–Crippen LogP) is 2.22. The first kappa shape index (κ1) is 14.9. The fraction of sp³-hybridized carbons (Fsp3) is 0.462. The number of thioether (sulfide) groups is 1. The Morgan fingerprint density at radius 2 is 2.17 bits per heavy atom. The van der Waals surface area contributed by atoms with Crippen molar-refractivity contribution in [3.05, 3.63) is 29.3 Å². The molecule has 0 spiro atoms. The summed E-state index contributed by atoms with van der Waals surface area (Å²) in [6, 6.07) is 5.19. The van der Waals surface area contributed by atoms with Gasteiger partial charge in [0.1, 0.15) is 0 Å². The Bertz CT molecular complexity index is 432. The van der Waals surface area contributed by atoms with Gasteiger partial charge in [0.05, 0.1) is 11.2 Å². The molecule has 0 amide bonds. The topological polar surface area (TPSA) is 69.6 Å². The van der Waals surface area contributed by atoms with Crippen LogP contribution < -0.4 is 5.32 Å². The summed E-state index contributed by atoms with van der Waals surface area (Å²) in [4.78, 5) is 11.1. The smallest absolute Gasteiger partial charge is 0.337 e. The van der Waals surface area contributed by atoms with Crippen molar-refractivity contribution in [1.29, 1.82) is 0 Å². The van der Waals surface area contributed by atoms with Crippen molar-refractivity contribution >= 4 is 23.4 Å². The number of aliphatic hydroxyl groups is 1. The number of anilines is 1. The van der Waals surface area contributed by atoms with Gasteiger partial charge in [0.25, 0.3) is 0 Å². The van der Waals surface area contributed by atoms with Crippen LogP contribution in [0.2, 0.25) is 0 Å². The number of carbonyl (C=O) groups is 1. The Balaban J connectivity index is 2.82. The second-order valence-corrected chi connectivity index (χ2v) is 5.50. The van der Waals surface area contributed by atoms with Crippen LogP contribution in [0.25, 0.3) is 0 Å². The molecule has 1 unspecified atom stereocenters. The normalized spacial score (nSPS) is 14.0.